The van der Waals surface area contributed by atoms with Crippen LogP contribution in [0.15, 0.2) is 36.5 Å². The smallest absolute Gasteiger partial charge is 0.218 e. The van der Waals surface area contributed by atoms with Crippen molar-refractivity contribution in [2.75, 3.05) is 13.1 Å². The Hall–Kier alpha value is -2.06. The van der Waals surface area contributed by atoms with Gasteiger partial charge in [-0.05, 0) is 37.5 Å². The van der Waals surface area contributed by atoms with Crippen molar-refractivity contribution < 1.29 is 17.5 Å². The molecule has 0 saturated carbocycles. The molecule has 6 nitrogen and oxygen atoms in total. The fourth-order valence-electron chi connectivity index (χ4n) is 2.85. The molecule has 1 unspecified atom stereocenters. The zero-order valence-corrected chi connectivity index (χ0v) is 14.7. The van der Waals surface area contributed by atoms with Gasteiger partial charge in [0.05, 0.1) is 12.3 Å². The van der Waals surface area contributed by atoms with Crippen LogP contribution >= 0.6 is 0 Å². The van der Waals surface area contributed by atoms with Crippen LogP contribution in [0.4, 0.5) is 4.39 Å². The van der Waals surface area contributed by atoms with Crippen LogP contribution in [0.25, 0.3) is 0 Å². The lowest BCUT2D eigenvalue weighted by Crippen LogP contribution is -2.44. The molecule has 1 aromatic heterocycles. The van der Waals surface area contributed by atoms with Crippen LogP contribution in [-0.2, 0) is 15.8 Å². The Morgan fingerprint density at radius 2 is 2.20 bits per heavy atom. The Balaban J connectivity index is 1.67. The first-order valence-corrected chi connectivity index (χ1v) is 9.72. The lowest BCUT2D eigenvalue weighted by atomic mass is 10.1. The highest BCUT2D eigenvalue weighted by Crippen LogP contribution is 2.21. The maximum Gasteiger partial charge on any atom is 0.218 e. The predicted octanol–water partition coefficient (Wildman–Crippen LogP) is 2.30. The van der Waals surface area contributed by atoms with E-state index in [1.807, 2.05) is 0 Å². The van der Waals surface area contributed by atoms with Gasteiger partial charge in [0.2, 0.25) is 15.9 Å². The number of nitrogens with zero attached hydrogens (tertiary/aromatic N) is 3. The molecule has 2 heterocycles. The fourth-order valence-corrected chi connectivity index (χ4v) is 4.44. The number of aryl methyl sites for hydroxylation is 1. The SMILES string of the molecule is Cc1nccc(OC2CCCN(S(=O)(=O)Cc3cccc(F)c3)C2)n1. The molecule has 0 amide bonds. The lowest BCUT2D eigenvalue weighted by molar-refractivity contribution is 0.124. The second-order valence-corrected chi connectivity index (χ2v) is 8.04. The van der Waals surface area contributed by atoms with Gasteiger partial charge in [0.15, 0.2) is 0 Å². The number of benzene rings is 1. The summed E-state index contributed by atoms with van der Waals surface area (Å²) >= 11 is 0. The molecule has 1 aliphatic rings. The largest absolute Gasteiger partial charge is 0.473 e. The number of hydrogen-bond acceptors (Lipinski definition) is 5. The van der Waals surface area contributed by atoms with Gasteiger partial charge < -0.3 is 4.74 Å². The van der Waals surface area contributed by atoms with Crippen molar-refractivity contribution in [1.29, 1.82) is 0 Å². The maximum atomic E-state index is 13.3. The summed E-state index contributed by atoms with van der Waals surface area (Å²) in [5.74, 6) is 0.391. The van der Waals surface area contributed by atoms with E-state index in [2.05, 4.69) is 9.97 Å². The number of aromatic nitrogens is 2. The zero-order chi connectivity index (χ0) is 17.9. The number of ether oxygens (including phenoxy) is 1. The molecule has 0 bridgehead atoms. The normalized spacial score (nSPS) is 18.9. The molecule has 2 aromatic rings. The highest BCUT2D eigenvalue weighted by atomic mass is 32.2. The molecule has 1 aromatic carbocycles. The lowest BCUT2D eigenvalue weighted by Gasteiger charge is -2.31. The van der Waals surface area contributed by atoms with Gasteiger partial charge in [-0.2, -0.15) is 9.29 Å². The third-order valence-corrected chi connectivity index (χ3v) is 5.83. The van der Waals surface area contributed by atoms with Crippen molar-refractivity contribution in [3.8, 4) is 5.88 Å². The van der Waals surface area contributed by atoms with E-state index in [9.17, 15) is 12.8 Å². The average Bonchev–Trinajstić information content (AvgIpc) is 2.55. The molecule has 0 N–H and O–H groups in total. The van der Waals surface area contributed by atoms with Crippen LogP contribution < -0.4 is 4.74 Å². The van der Waals surface area contributed by atoms with Crippen molar-refractivity contribution >= 4 is 10.0 Å². The molecule has 0 radical (unpaired) electrons. The van der Waals surface area contributed by atoms with Crippen LogP contribution in [0.1, 0.15) is 24.2 Å². The van der Waals surface area contributed by atoms with E-state index in [0.29, 0.717) is 30.2 Å². The number of sulfonamides is 1. The summed E-state index contributed by atoms with van der Waals surface area (Å²) in [6.45, 7) is 2.48. The van der Waals surface area contributed by atoms with Crippen LogP contribution in [0, 0.1) is 12.7 Å². The van der Waals surface area contributed by atoms with Crippen LogP contribution in [0.5, 0.6) is 5.88 Å². The minimum absolute atomic E-state index is 0.218. The third-order valence-electron chi connectivity index (χ3n) is 4.01. The highest BCUT2D eigenvalue weighted by molar-refractivity contribution is 7.88. The molecule has 1 atom stereocenters. The Morgan fingerprint density at radius 1 is 1.36 bits per heavy atom. The molecule has 134 valence electrons. The second kappa shape index (κ2) is 7.45. The van der Waals surface area contributed by atoms with Gasteiger partial charge in [-0.1, -0.05) is 12.1 Å². The van der Waals surface area contributed by atoms with E-state index >= 15 is 0 Å². The van der Waals surface area contributed by atoms with E-state index in [-0.39, 0.29) is 18.4 Å². The number of rotatable bonds is 5. The first kappa shape index (κ1) is 17.8. The molecule has 25 heavy (non-hydrogen) atoms. The van der Waals surface area contributed by atoms with E-state index < -0.39 is 15.8 Å². The van der Waals surface area contributed by atoms with Crippen LogP contribution in [0.2, 0.25) is 0 Å². The average molecular weight is 365 g/mol. The topological polar surface area (TPSA) is 72.4 Å². The zero-order valence-electron chi connectivity index (χ0n) is 13.9. The molecular weight excluding hydrogens is 345 g/mol. The Morgan fingerprint density at radius 3 is 2.96 bits per heavy atom. The molecule has 0 aliphatic carbocycles. The molecule has 1 aliphatic heterocycles. The number of hydrogen-bond donors (Lipinski definition) is 0. The van der Waals surface area contributed by atoms with E-state index in [4.69, 9.17) is 4.74 Å². The van der Waals surface area contributed by atoms with Gasteiger partial charge in [-0.25, -0.2) is 17.8 Å². The monoisotopic (exact) mass is 365 g/mol. The summed E-state index contributed by atoms with van der Waals surface area (Å²) in [7, 11) is -3.53. The van der Waals surface area contributed by atoms with Gasteiger partial charge in [0.25, 0.3) is 0 Å². The summed E-state index contributed by atoms with van der Waals surface area (Å²) in [5, 5.41) is 0. The molecule has 1 saturated heterocycles. The van der Waals surface area contributed by atoms with E-state index in [0.717, 1.165) is 6.42 Å². The maximum absolute atomic E-state index is 13.3. The molecule has 3 rings (SSSR count). The van der Waals surface area contributed by atoms with Crippen LogP contribution in [-0.4, -0.2) is 41.9 Å². The molecular formula is C17H20FN3O3S. The summed E-state index contributed by atoms with van der Waals surface area (Å²) < 4.78 is 45.8. The standard InChI is InChI=1S/C17H20FN3O3S/c1-13-19-8-7-17(20-13)24-16-6-3-9-21(11-16)25(22,23)12-14-4-2-5-15(18)10-14/h2,4-5,7-8,10,16H,3,6,9,11-12H2,1H3. The van der Waals surface area contributed by atoms with Crippen molar-refractivity contribution in [2.24, 2.45) is 0 Å². The number of halogens is 1. The molecule has 8 heteroatoms. The highest BCUT2D eigenvalue weighted by Gasteiger charge is 2.30. The number of piperidine rings is 1. The van der Waals surface area contributed by atoms with Gasteiger partial charge in [-0.3, -0.25) is 0 Å². The summed E-state index contributed by atoms with van der Waals surface area (Å²) in [5.41, 5.74) is 0.439. The Bertz CT molecular complexity index is 845. The summed E-state index contributed by atoms with van der Waals surface area (Å²) in [6, 6.07) is 7.33. The predicted molar refractivity (Wildman–Crippen MR) is 91.0 cm³/mol. The van der Waals surface area contributed by atoms with E-state index in [1.165, 1.54) is 22.5 Å². The van der Waals surface area contributed by atoms with Crippen molar-refractivity contribution in [1.82, 2.24) is 14.3 Å². The van der Waals surface area contributed by atoms with Crippen molar-refractivity contribution in [3.05, 3.63) is 53.7 Å². The molecule has 0 spiro atoms. The van der Waals surface area contributed by atoms with Gasteiger partial charge in [0.1, 0.15) is 17.7 Å². The second-order valence-electron chi connectivity index (χ2n) is 6.07. The van der Waals surface area contributed by atoms with E-state index in [1.54, 1.807) is 25.3 Å². The minimum Gasteiger partial charge on any atom is -0.473 e. The van der Waals surface area contributed by atoms with Gasteiger partial charge in [-0.15, -0.1) is 0 Å². The van der Waals surface area contributed by atoms with Crippen molar-refractivity contribution in [3.63, 3.8) is 0 Å². The Labute approximate surface area is 146 Å². The van der Waals surface area contributed by atoms with Gasteiger partial charge in [0, 0.05) is 18.8 Å². The molecule has 1 fully saturated rings. The fraction of sp³-hybridized carbons (Fsp3) is 0.412. The Kier molecular flexibility index (Phi) is 5.29. The first-order valence-electron chi connectivity index (χ1n) is 8.11. The minimum atomic E-state index is -3.53. The quantitative estimate of drug-likeness (QED) is 0.813. The van der Waals surface area contributed by atoms with Crippen molar-refractivity contribution in [2.45, 2.75) is 31.6 Å². The summed E-state index contributed by atoms with van der Waals surface area (Å²) in [6.07, 6.45) is 2.82. The third kappa shape index (κ3) is 4.73. The van der Waals surface area contributed by atoms with Crippen LogP contribution in [0.3, 0.4) is 0 Å². The summed E-state index contributed by atoms with van der Waals surface area (Å²) in [4.78, 5) is 8.20. The first-order chi connectivity index (χ1) is 11.9. The van der Waals surface area contributed by atoms with Gasteiger partial charge >= 0.3 is 0 Å².